The monoisotopic (exact) mass is 234 g/mol. The standard InChI is InChI=1S/C15H26N2/c1-5-17(11-12(2)3)15(10-16)14-9-7-6-8-13(14)4/h6-9,12,15H,5,10-11,16H2,1-4H3. The number of likely N-dealkylation sites (N-methyl/N-ethyl adjacent to an activating group) is 1. The third-order valence-corrected chi connectivity index (χ3v) is 3.22. The number of nitrogens with zero attached hydrogens (tertiary/aromatic N) is 1. The van der Waals surface area contributed by atoms with Crippen LogP contribution in [0.5, 0.6) is 0 Å². The SMILES string of the molecule is CCN(CC(C)C)C(CN)c1ccccc1C. The van der Waals surface area contributed by atoms with Crippen LogP contribution in [0.25, 0.3) is 0 Å². The molecule has 2 nitrogen and oxygen atoms in total. The molecule has 0 saturated carbocycles. The Labute approximate surface area is 106 Å². The average Bonchev–Trinajstić information content (AvgIpc) is 2.30. The molecule has 0 aliphatic carbocycles. The highest BCUT2D eigenvalue weighted by atomic mass is 15.2. The Bertz CT molecular complexity index is 333. The van der Waals surface area contributed by atoms with Gasteiger partial charge in [-0.2, -0.15) is 0 Å². The predicted molar refractivity (Wildman–Crippen MR) is 75.1 cm³/mol. The maximum atomic E-state index is 5.98. The zero-order chi connectivity index (χ0) is 12.8. The number of nitrogens with two attached hydrogens (primary N) is 1. The van der Waals surface area contributed by atoms with Gasteiger partial charge in [-0.15, -0.1) is 0 Å². The first-order chi connectivity index (χ1) is 8.10. The van der Waals surface area contributed by atoms with Crippen molar-refractivity contribution in [3.05, 3.63) is 35.4 Å². The number of hydrogen-bond donors (Lipinski definition) is 1. The molecule has 0 aromatic heterocycles. The Kier molecular flexibility index (Phi) is 5.66. The summed E-state index contributed by atoms with van der Waals surface area (Å²) in [4.78, 5) is 2.48. The maximum absolute atomic E-state index is 5.98. The molecule has 96 valence electrons. The van der Waals surface area contributed by atoms with Crippen LogP contribution in [0, 0.1) is 12.8 Å². The van der Waals surface area contributed by atoms with Crippen molar-refractivity contribution in [2.45, 2.75) is 33.7 Å². The molecule has 0 aliphatic heterocycles. The van der Waals surface area contributed by atoms with Crippen LogP contribution < -0.4 is 5.73 Å². The van der Waals surface area contributed by atoms with E-state index >= 15 is 0 Å². The van der Waals surface area contributed by atoms with Gasteiger partial charge in [-0.25, -0.2) is 0 Å². The maximum Gasteiger partial charge on any atom is 0.0473 e. The van der Waals surface area contributed by atoms with Gasteiger partial charge >= 0.3 is 0 Å². The van der Waals surface area contributed by atoms with Gasteiger partial charge in [0.2, 0.25) is 0 Å². The van der Waals surface area contributed by atoms with Crippen molar-refractivity contribution in [1.29, 1.82) is 0 Å². The lowest BCUT2D eigenvalue weighted by Gasteiger charge is -2.32. The molecule has 0 saturated heterocycles. The van der Waals surface area contributed by atoms with E-state index in [1.807, 2.05) is 0 Å². The molecule has 0 fully saturated rings. The first-order valence-corrected chi connectivity index (χ1v) is 6.59. The molecule has 1 rings (SSSR count). The Morgan fingerprint density at radius 3 is 2.35 bits per heavy atom. The van der Waals surface area contributed by atoms with Crippen LogP contribution in [0.2, 0.25) is 0 Å². The number of rotatable bonds is 6. The lowest BCUT2D eigenvalue weighted by Crippen LogP contribution is -2.36. The van der Waals surface area contributed by atoms with Gasteiger partial charge in [0.1, 0.15) is 0 Å². The van der Waals surface area contributed by atoms with Gasteiger partial charge in [-0.3, -0.25) is 4.90 Å². The fraction of sp³-hybridized carbons (Fsp3) is 0.600. The van der Waals surface area contributed by atoms with Crippen LogP contribution in [-0.4, -0.2) is 24.5 Å². The Hall–Kier alpha value is -0.860. The van der Waals surface area contributed by atoms with Crippen LogP contribution in [-0.2, 0) is 0 Å². The number of hydrogen-bond acceptors (Lipinski definition) is 2. The van der Waals surface area contributed by atoms with Crippen molar-refractivity contribution >= 4 is 0 Å². The smallest absolute Gasteiger partial charge is 0.0473 e. The van der Waals surface area contributed by atoms with E-state index in [2.05, 4.69) is 56.9 Å². The molecule has 0 aliphatic rings. The van der Waals surface area contributed by atoms with Crippen molar-refractivity contribution in [3.8, 4) is 0 Å². The van der Waals surface area contributed by atoms with Crippen molar-refractivity contribution in [3.63, 3.8) is 0 Å². The zero-order valence-corrected chi connectivity index (χ0v) is 11.6. The normalized spacial score (nSPS) is 13.4. The lowest BCUT2D eigenvalue weighted by molar-refractivity contribution is 0.189. The third-order valence-electron chi connectivity index (χ3n) is 3.22. The van der Waals surface area contributed by atoms with E-state index in [4.69, 9.17) is 5.73 Å². The first-order valence-electron chi connectivity index (χ1n) is 6.59. The van der Waals surface area contributed by atoms with E-state index in [1.54, 1.807) is 0 Å². The second-order valence-corrected chi connectivity index (χ2v) is 5.09. The van der Waals surface area contributed by atoms with E-state index in [1.165, 1.54) is 11.1 Å². The van der Waals surface area contributed by atoms with E-state index < -0.39 is 0 Å². The Balaban J connectivity index is 2.93. The summed E-state index contributed by atoms with van der Waals surface area (Å²) in [5.41, 5.74) is 8.70. The average molecular weight is 234 g/mol. The number of aryl methyl sites for hydroxylation is 1. The first kappa shape index (κ1) is 14.2. The van der Waals surface area contributed by atoms with Crippen LogP contribution in [0.3, 0.4) is 0 Å². The molecule has 2 N–H and O–H groups in total. The summed E-state index contributed by atoms with van der Waals surface area (Å²) < 4.78 is 0. The molecule has 1 aromatic carbocycles. The fourth-order valence-electron chi connectivity index (χ4n) is 2.38. The molecular formula is C15H26N2. The Morgan fingerprint density at radius 2 is 1.88 bits per heavy atom. The van der Waals surface area contributed by atoms with Crippen molar-refractivity contribution in [2.24, 2.45) is 11.7 Å². The van der Waals surface area contributed by atoms with Crippen molar-refractivity contribution in [1.82, 2.24) is 4.90 Å². The summed E-state index contributed by atoms with van der Waals surface area (Å²) in [7, 11) is 0. The van der Waals surface area contributed by atoms with Gasteiger partial charge in [0.15, 0.2) is 0 Å². The second-order valence-electron chi connectivity index (χ2n) is 5.09. The second kappa shape index (κ2) is 6.77. The minimum Gasteiger partial charge on any atom is -0.329 e. The largest absolute Gasteiger partial charge is 0.329 e. The summed E-state index contributed by atoms with van der Waals surface area (Å²) in [6.07, 6.45) is 0. The number of benzene rings is 1. The highest BCUT2D eigenvalue weighted by Crippen LogP contribution is 2.23. The fourth-order valence-corrected chi connectivity index (χ4v) is 2.38. The molecule has 0 heterocycles. The molecule has 2 heteroatoms. The minimum atomic E-state index is 0.351. The summed E-state index contributed by atoms with van der Waals surface area (Å²) in [5.74, 6) is 0.674. The van der Waals surface area contributed by atoms with E-state index in [-0.39, 0.29) is 0 Å². The molecule has 1 aromatic rings. The van der Waals surface area contributed by atoms with Gasteiger partial charge in [0.05, 0.1) is 0 Å². The highest BCUT2D eigenvalue weighted by molar-refractivity contribution is 5.29. The van der Waals surface area contributed by atoms with Crippen LogP contribution in [0.4, 0.5) is 0 Å². The van der Waals surface area contributed by atoms with E-state index in [0.717, 1.165) is 13.1 Å². The Morgan fingerprint density at radius 1 is 1.24 bits per heavy atom. The lowest BCUT2D eigenvalue weighted by atomic mass is 9.99. The molecular weight excluding hydrogens is 208 g/mol. The van der Waals surface area contributed by atoms with Gasteiger partial charge in [-0.05, 0) is 30.5 Å². The molecule has 0 radical (unpaired) electrons. The summed E-state index contributed by atoms with van der Waals surface area (Å²) in [6, 6.07) is 8.92. The summed E-state index contributed by atoms with van der Waals surface area (Å²) in [5, 5.41) is 0. The van der Waals surface area contributed by atoms with Crippen LogP contribution in [0.1, 0.15) is 37.9 Å². The van der Waals surface area contributed by atoms with Gasteiger partial charge in [0.25, 0.3) is 0 Å². The topological polar surface area (TPSA) is 29.3 Å². The van der Waals surface area contributed by atoms with E-state index in [9.17, 15) is 0 Å². The molecule has 1 unspecified atom stereocenters. The minimum absolute atomic E-state index is 0.351. The molecule has 0 amide bonds. The molecule has 0 spiro atoms. The quantitative estimate of drug-likeness (QED) is 0.820. The molecule has 0 bridgehead atoms. The van der Waals surface area contributed by atoms with Crippen LogP contribution >= 0.6 is 0 Å². The summed E-state index contributed by atoms with van der Waals surface area (Å²) in [6.45, 7) is 11.7. The zero-order valence-electron chi connectivity index (χ0n) is 11.6. The summed E-state index contributed by atoms with van der Waals surface area (Å²) >= 11 is 0. The van der Waals surface area contributed by atoms with Gasteiger partial charge in [-0.1, -0.05) is 45.0 Å². The third kappa shape index (κ3) is 3.83. The predicted octanol–water partition coefficient (Wildman–Crippen LogP) is 2.97. The van der Waals surface area contributed by atoms with Crippen LogP contribution in [0.15, 0.2) is 24.3 Å². The highest BCUT2D eigenvalue weighted by Gasteiger charge is 2.19. The van der Waals surface area contributed by atoms with Crippen molar-refractivity contribution < 1.29 is 0 Å². The van der Waals surface area contributed by atoms with Gasteiger partial charge < -0.3 is 5.73 Å². The molecule has 17 heavy (non-hydrogen) atoms. The van der Waals surface area contributed by atoms with E-state index in [0.29, 0.717) is 18.5 Å². The molecule has 1 atom stereocenters. The van der Waals surface area contributed by atoms with Gasteiger partial charge in [0, 0.05) is 19.1 Å². The van der Waals surface area contributed by atoms with Crippen molar-refractivity contribution in [2.75, 3.05) is 19.6 Å².